The molecule has 0 amide bonds. The molecule has 2 aromatic rings. The largest absolute Gasteiger partial charge is 0.328 e. The predicted molar refractivity (Wildman–Crippen MR) is 75.2 cm³/mol. The zero-order valence-electron chi connectivity index (χ0n) is 11.1. The van der Waals surface area contributed by atoms with Crippen LogP contribution < -0.4 is 0 Å². The monoisotopic (exact) mass is 265 g/mol. The van der Waals surface area contributed by atoms with Crippen LogP contribution in [0, 0.1) is 13.8 Å². The van der Waals surface area contributed by atoms with E-state index in [1.807, 2.05) is 19.3 Å². The summed E-state index contributed by atoms with van der Waals surface area (Å²) in [6.07, 6.45) is 7.47. The van der Waals surface area contributed by atoms with E-state index in [0.29, 0.717) is 0 Å². The van der Waals surface area contributed by atoms with E-state index in [9.17, 15) is 4.21 Å². The lowest BCUT2D eigenvalue weighted by atomic mass is 10.2. The van der Waals surface area contributed by atoms with Crippen LogP contribution >= 0.6 is 0 Å². The molecule has 1 atom stereocenters. The van der Waals surface area contributed by atoms with Crippen molar-refractivity contribution in [2.24, 2.45) is 0 Å². The lowest BCUT2D eigenvalue weighted by Crippen LogP contribution is -2.03. The highest BCUT2D eigenvalue weighted by atomic mass is 32.2. The van der Waals surface area contributed by atoms with Crippen molar-refractivity contribution in [3.05, 3.63) is 23.8 Å². The van der Waals surface area contributed by atoms with Gasteiger partial charge in [-0.15, -0.1) is 0 Å². The number of unbranched alkanes of at least 4 members (excludes halogenated alkanes) is 1. The minimum atomic E-state index is -0.686. The summed E-state index contributed by atoms with van der Waals surface area (Å²) in [7, 11) is -0.686. The average molecular weight is 265 g/mol. The van der Waals surface area contributed by atoms with Gasteiger partial charge in [-0.2, -0.15) is 0 Å². The Hall–Kier alpha value is -1.23. The molecule has 0 fully saturated rings. The van der Waals surface area contributed by atoms with Crippen LogP contribution in [-0.4, -0.2) is 30.8 Å². The van der Waals surface area contributed by atoms with Gasteiger partial charge in [-0.25, -0.2) is 4.98 Å². The van der Waals surface area contributed by atoms with Gasteiger partial charge in [0.1, 0.15) is 11.3 Å². The topological polar surface area (TPSA) is 47.8 Å². The van der Waals surface area contributed by atoms with Crippen molar-refractivity contribution in [2.75, 3.05) is 12.0 Å². The lowest BCUT2D eigenvalue weighted by Gasteiger charge is -2.07. The van der Waals surface area contributed by atoms with Gasteiger partial charge >= 0.3 is 0 Å². The third kappa shape index (κ3) is 2.77. The van der Waals surface area contributed by atoms with Crippen molar-refractivity contribution in [3.8, 4) is 0 Å². The minimum absolute atomic E-state index is 0.686. The smallest absolute Gasteiger partial charge is 0.107 e. The molecule has 98 valence electrons. The molecule has 0 saturated carbocycles. The molecule has 0 aliphatic rings. The first-order valence-electron chi connectivity index (χ1n) is 6.17. The molecule has 4 nitrogen and oxygen atoms in total. The molecule has 0 aromatic carbocycles. The second-order valence-corrected chi connectivity index (χ2v) is 6.17. The summed E-state index contributed by atoms with van der Waals surface area (Å²) >= 11 is 0. The molecule has 0 N–H and O–H groups in total. The predicted octanol–water partition coefficient (Wildman–Crippen LogP) is 2.21. The molecule has 0 radical (unpaired) electrons. The molecular formula is C13H19N3OS. The Bertz CT molecular complexity index is 577. The number of nitrogens with zero attached hydrogens (tertiary/aromatic N) is 3. The van der Waals surface area contributed by atoms with Crippen molar-refractivity contribution in [1.82, 2.24) is 14.5 Å². The maximum atomic E-state index is 11.0. The normalized spacial score (nSPS) is 13.1. The summed E-state index contributed by atoms with van der Waals surface area (Å²) in [5.74, 6) is 1.81. The maximum Gasteiger partial charge on any atom is 0.107 e. The summed E-state index contributed by atoms with van der Waals surface area (Å²) < 4.78 is 13.3. The lowest BCUT2D eigenvalue weighted by molar-refractivity contribution is 0.627. The van der Waals surface area contributed by atoms with Crippen LogP contribution in [0.2, 0.25) is 0 Å². The number of pyridine rings is 1. The molecule has 0 bridgehead atoms. The number of aryl methyl sites for hydroxylation is 3. The van der Waals surface area contributed by atoms with Crippen LogP contribution in [0.4, 0.5) is 0 Å². The van der Waals surface area contributed by atoms with Crippen LogP contribution in [0.15, 0.2) is 12.4 Å². The van der Waals surface area contributed by atoms with E-state index in [1.54, 1.807) is 6.26 Å². The number of aromatic nitrogens is 3. The van der Waals surface area contributed by atoms with E-state index < -0.39 is 10.8 Å². The van der Waals surface area contributed by atoms with Crippen LogP contribution in [0.1, 0.15) is 24.2 Å². The van der Waals surface area contributed by atoms with E-state index in [1.165, 1.54) is 5.52 Å². The van der Waals surface area contributed by atoms with Crippen LogP contribution in [-0.2, 0) is 17.3 Å². The Morgan fingerprint density at radius 3 is 2.78 bits per heavy atom. The zero-order chi connectivity index (χ0) is 13.1. The molecular weight excluding hydrogens is 246 g/mol. The summed E-state index contributed by atoms with van der Waals surface area (Å²) in [6, 6.07) is 0. The van der Waals surface area contributed by atoms with E-state index in [-0.39, 0.29) is 0 Å². The molecule has 2 rings (SSSR count). The van der Waals surface area contributed by atoms with E-state index in [2.05, 4.69) is 21.5 Å². The van der Waals surface area contributed by atoms with Gasteiger partial charge < -0.3 is 4.57 Å². The molecule has 2 aromatic heterocycles. The fourth-order valence-electron chi connectivity index (χ4n) is 2.22. The molecule has 0 aliphatic heterocycles. The van der Waals surface area contributed by atoms with Crippen molar-refractivity contribution < 1.29 is 4.21 Å². The summed E-state index contributed by atoms with van der Waals surface area (Å²) in [5, 5.41) is 0. The second-order valence-electron chi connectivity index (χ2n) is 4.62. The molecule has 18 heavy (non-hydrogen) atoms. The SMILES string of the molecule is Cc1cncc2nc(C)n(CCCCS(C)=O)c12. The Labute approximate surface area is 110 Å². The first-order chi connectivity index (χ1) is 8.59. The first kappa shape index (κ1) is 13.2. The summed E-state index contributed by atoms with van der Waals surface area (Å²) in [5.41, 5.74) is 3.30. The van der Waals surface area contributed by atoms with Gasteiger partial charge in [0.2, 0.25) is 0 Å². The highest BCUT2D eigenvalue weighted by Crippen LogP contribution is 2.19. The summed E-state index contributed by atoms with van der Waals surface area (Å²) in [4.78, 5) is 8.70. The van der Waals surface area contributed by atoms with Crippen LogP contribution in [0.25, 0.3) is 11.0 Å². The van der Waals surface area contributed by atoms with Gasteiger partial charge in [-0.05, 0) is 32.3 Å². The quantitative estimate of drug-likeness (QED) is 0.779. The average Bonchev–Trinajstić information content (AvgIpc) is 2.62. The molecule has 0 spiro atoms. The minimum Gasteiger partial charge on any atom is -0.328 e. The number of hydrogen-bond acceptors (Lipinski definition) is 3. The van der Waals surface area contributed by atoms with E-state index in [0.717, 1.165) is 42.0 Å². The van der Waals surface area contributed by atoms with Crippen molar-refractivity contribution in [1.29, 1.82) is 0 Å². The Morgan fingerprint density at radius 1 is 1.28 bits per heavy atom. The zero-order valence-corrected chi connectivity index (χ0v) is 12.0. The Balaban J connectivity index is 2.17. The van der Waals surface area contributed by atoms with Gasteiger partial charge in [-0.1, -0.05) is 0 Å². The van der Waals surface area contributed by atoms with Crippen LogP contribution in [0.5, 0.6) is 0 Å². The molecule has 5 heteroatoms. The number of imidazole rings is 1. The molecule has 0 aliphatic carbocycles. The fourth-order valence-corrected chi connectivity index (χ4v) is 2.83. The Morgan fingerprint density at radius 2 is 2.06 bits per heavy atom. The van der Waals surface area contributed by atoms with Gasteiger partial charge in [-0.3, -0.25) is 9.19 Å². The molecule has 1 unspecified atom stereocenters. The number of fused-ring (bicyclic) bond motifs is 1. The molecule has 0 saturated heterocycles. The number of rotatable bonds is 5. The van der Waals surface area contributed by atoms with Gasteiger partial charge in [0.25, 0.3) is 0 Å². The van der Waals surface area contributed by atoms with Crippen molar-refractivity contribution in [3.63, 3.8) is 0 Å². The summed E-state index contributed by atoms with van der Waals surface area (Å²) in [6.45, 7) is 5.02. The number of hydrogen-bond donors (Lipinski definition) is 0. The second kappa shape index (κ2) is 5.61. The van der Waals surface area contributed by atoms with Gasteiger partial charge in [0.15, 0.2) is 0 Å². The highest BCUT2D eigenvalue weighted by Gasteiger charge is 2.09. The van der Waals surface area contributed by atoms with Crippen LogP contribution in [0.3, 0.4) is 0 Å². The molecule has 2 heterocycles. The first-order valence-corrected chi connectivity index (χ1v) is 7.90. The van der Waals surface area contributed by atoms with Crippen molar-refractivity contribution >= 4 is 21.8 Å². The fraction of sp³-hybridized carbons (Fsp3) is 0.538. The third-order valence-electron chi connectivity index (χ3n) is 3.09. The van der Waals surface area contributed by atoms with Gasteiger partial charge in [0, 0.05) is 35.5 Å². The third-order valence-corrected chi connectivity index (χ3v) is 3.95. The Kier molecular flexibility index (Phi) is 4.11. The maximum absolute atomic E-state index is 11.0. The van der Waals surface area contributed by atoms with Gasteiger partial charge in [0.05, 0.1) is 11.7 Å². The highest BCUT2D eigenvalue weighted by molar-refractivity contribution is 7.84. The standard InChI is InChI=1S/C13H19N3OS/c1-10-8-14-9-12-13(10)16(11(2)15-12)6-4-5-7-18(3)17/h8-9H,4-7H2,1-3H3. The van der Waals surface area contributed by atoms with Crippen molar-refractivity contribution in [2.45, 2.75) is 33.2 Å². The van der Waals surface area contributed by atoms with E-state index in [4.69, 9.17) is 0 Å². The van der Waals surface area contributed by atoms with E-state index >= 15 is 0 Å².